The van der Waals surface area contributed by atoms with Crippen LogP contribution in [0.1, 0.15) is 16.5 Å². The van der Waals surface area contributed by atoms with Crippen molar-refractivity contribution in [2.75, 3.05) is 0 Å². The zero-order valence-corrected chi connectivity index (χ0v) is 14.6. The molecule has 0 amide bonds. The van der Waals surface area contributed by atoms with Crippen LogP contribution in [0.5, 0.6) is 0 Å². The molecule has 1 heterocycles. The van der Waals surface area contributed by atoms with Crippen LogP contribution in [-0.2, 0) is 6.42 Å². The van der Waals surface area contributed by atoms with Gasteiger partial charge in [0.1, 0.15) is 0 Å². The normalized spacial score (nSPS) is 12.7. The summed E-state index contributed by atoms with van der Waals surface area (Å²) in [5.74, 6) is 0. The highest BCUT2D eigenvalue weighted by Gasteiger charge is 2.14. The minimum absolute atomic E-state index is 0.0893. The highest BCUT2D eigenvalue weighted by Crippen LogP contribution is 2.36. The zero-order chi connectivity index (χ0) is 13.3. The highest BCUT2D eigenvalue weighted by molar-refractivity contribution is 9.13. The van der Waals surface area contributed by atoms with Crippen molar-refractivity contribution in [1.29, 1.82) is 0 Å². The van der Waals surface area contributed by atoms with Gasteiger partial charge >= 0.3 is 0 Å². The van der Waals surface area contributed by atoms with Crippen LogP contribution >= 0.6 is 66.4 Å². The van der Waals surface area contributed by atoms with Gasteiger partial charge in [-0.3, -0.25) is 0 Å². The van der Waals surface area contributed by atoms with Crippen molar-refractivity contribution in [2.45, 2.75) is 12.5 Å². The topological polar surface area (TPSA) is 26.0 Å². The molecule has 1 aromatic heterocycles. The van der Waals surface area contributed by atoms with E-state index in [1.165, 1.54) is 0 Å². The van der Waals surface area contributed by atoms with E-state index >= 15 is 0 Å². The van der Waals surface area contributed by atoms with Gasteiger partial charge in [0.15, 0.2) is 0 Å². The lowest BCUT2D eigenvalue weighted by Crippen LogP contribution is -2.12. The third-order valence-electron chi connectivity index (χ3n) is 2.48. The Bertz CT molecular complexity index is 552. The molecule has 0 aliphatic rings. The molecule has 0 radical (unpaired) electrons. The molecule has 0 bridgehead atoms. The van der Waals surface area contributed by atoms with Crippen molar-refractivity contribution < 1.29 is 0 Å². The first-order valence-electron chi connectivity index (χ1n) is 5.11. The minimum Gasteiger partial charge on any atom is -0.323 e. The van der Waals surface area contributed by atoms with E-state index in [1.54, 1.807) is 23.5 Å². The second kappa shape index (κ2) is 6.25. The fraction of sp³-hybridized carbons (Fsp3) is 0.167. The quantitative estimate of drug-likeness (QED) is 0.653. The zero-order valence-electron chi connectivity index (χ0n) is 9.09. The fourth-order valence-corrected chi connectivity index (χ4v) is 4.06. The van der Waals surface area contributed by atoms with Crippen LogP contribution < -0.4 is 5.73 Å². The van der Waals surface area contributed by atoms with Crippen LogP contribution in [0.3, 0.4) is 0 Å². The predicted octanol–water partition coefficient (Wildman–Crippen LogP) is 5.82. The van der Waals surface area contributed by atoms with Gasteiger partial charge in [-0.25, -0.2) is 0 Å². The molecule has 2 N–H and O–H groups in total. The smallest absolute Gasteiger partial charge is 0.0843 e. The summed E-state index contributed by atoms with van der Waals surface area (Å²) in [6, 6.07) is 7.37. The first kappa shape index (κ1) is 14.8. The van der Waals surface area contributed by atoms with Crippen LogP contribution in [0.15, 0.2) is 32.5 Å². The molecule has 2 aromatic rings. The second-order valence-electron chi connectivity index (χ2n) is 3.82. The molecule has 6 heteroatoms. The number of hydrogen-bond donors (Lipinski definition) is 1. The van der Waals surface area contributed by atoms with Crippen LogP contribution in [0.25, 0.3) is 0 Å². The Morgan fingerprint density at radius 2 is 1.94 bits per heavy atom. The molecule has 0 spiro atoms. The lowest BCUT2D eigenvalue weighted by molar-refractivity contribution is 0.736. The molecule has 0 fully saturated rings. The van der Waals surface area contributed by atoms with E-state index in [4.69, 9.17) is 28.9 Å². The maximum Gasteiger partial charge on any atom is 0.0843 e. The lowest BCUT2D eigenvalue weighted by Gasteiger charge is -2.11. The summed E-state index contributed by atoms with van der Waals surface area (Å²) >= 11 is 20.6. The van der Waals surface area contributed by atoms with Gasteiger partial charge in [0.25, 0.3) is 0 Å². The molecule has 18 heavy (non-hydrogen) atoms. The standard InChI is InChI=1S/C12H9Br2Cl2NS/c13-8-5-11(18-12(8)14)10(17)4-6-3-7(15)1-2-9(6)16/h1-3,5,10H,4,17H2. The van der Waals surface area contributed by atoms with Gasteiger partial charge in [-0.1, -0.05) is 23.2 Å². The molecule has 0 aliphatic heterocycles. The summed E-state index contributed by atoms with van der Waals surface area (Å²) < 4.78 is 2.07. The van der Waals surface area contributed by atoms with E-state index in [9.17, 15) is 0 Å². The van der Waals surface area contributed by atoms with Crippen LogP contribution in [0.4, 0.5) is 0 Å². The Morgan fingerprint density at radius 3 is 2.56 bits per heavy atom. The molecule has 1 aromatic carbocycles. The Kier molecular flexibility index (Phi) is 5.14. The largest absolute Gasteiger partial charge is 0.323 e. The monoisotopic (exact) mass is 427 g/mol. The fourth-order valence-electron chi connectivity index (χ4n) is 1.58. The Morgan fingerprint density at radius 1 is 1.22 bits per heavy atom. The van der Waals surface area contributed by atoms with Crippen molar-refractivity contribution in [3.63, 3.8) is 0 Å². The number of thiophene rings is 1. The first-order valence-corrected chi connectivity index (χ1v) is 8.27. The van der Waals surface area contributed by atoms with E-state index in [-0.39, 0.29) is 6.04 Å². The SMILES string of the molecule is NC(Cc1cc(Cl)ccc1Cl)c1cc(Br)c(Br)s1. The number of benzene rings is 1. The van der Waals surface area contributed by atoms with Gasteiger partial charge < -0.3 is 5.73 Å². The molecule has 2 rings (SSSR count). The molecule has 1 atom stereocenters. The minimum atomic E-state index is -0.0893. The maximum atomic E-state index is 6.20. The number of hydrogen-bond acceptors (Lipinski definition) is 2. The molecular formula is C12H9Br2Cl2NS. The molecule has 0 aliphatic carbocycles. The van der Waals surface area contributed by atoms with Crippen LogP contribution in [-0.4, -0.2) is 0 Å². The first-order chi connectivity index (χ1) is 8.47. The van der Waals surface area contributed by atoms with Crippen LogP contribution in [0, 0.1) is 0 Å². The predicted molar refractivity (Wildman–Crippen MR) is 86.8 cm³/mol. The van der Waals surface area contributed by atoms with E-state index in [1.807, 2.05) is 12.1 Å². The summed E-state index contributed by atoms with van der Waals surface area (Å²) in [5.41, 5.74) is 7.16. The van der Waals surface area contributed by atoms with Gasteiger partial charge in [-0.05, 0) is 68.1 Å². The van der Waals surface area contributed by atoms with E-state index < -0.39 is 0 Å². The van der Waals surface area contributed by atoms with Gasteiger partial charge in [-0.15, -0.1) is 11.3 Å². The summed E-state index contributed by atoms with van der Waals surface area (Å²) in [6.45, 7) is 0. The molecule has 96 valence electrons. The molecule has 1 nitrogen and oxygen atoms in total. The van der Waals surface area contributed by atoms with E-state index in [2.05, 4.69) is 31.9 Å². The number of nitrogens with two attached hydrogens (primary N) is 1. The van der Waals surface area contributed by atoms with Crippen molar-refractivity contribution >= 4 is 66.4 Å². The Balaban J connectivity index is 2.20. The van der Waals surface area contributed by atoms with Gasteiger partial charge in [0.05, 0.1) is 3.79 Å². The third kappa shape index (κ3) is 3.50. The highest BCUT2D eigenvalue weighted by atomic mass is 79.9. The molecule has 0 saturated heterocycles. The Hall–Kier alpha value is 0.420. The van der Waals surface area contributed by atoms with E-state index in [0.29, 0.717) is 16.5 Å². The van der Waals surface area contributed by atoms with Crippen LogP contribution in [0.2, 0.25) is 10.0 Å². The average molecular weight is 430 g/mol. The van der Waals surface area contributed by atoms with Gasteiger partial charge in [0, 0.05) is 25.4 Å². The summed E-state index contributed by atoms with van der Waals surface area (Å²) in [4.78, 5) is 1.10. The number of rotatable bonds is 3. The third-order valence-corrected chi connectivity index (χ3v) is 6.47. The van der Waals surface area contributed by atoms with Crippen molar-refractivity contribution in [1.82, 2.24) is 0 Å². The summed E-state index contributed by atoms with van der Waals surface area (Å²) in [6.07, 6.45) is 0.665. The molecule has 1 unspecified atom stereocenters. The molecular weight excluding hydrogens is 421 g/mol. The van der Waals surface area contributed by atoms with Crippen molar-refractivity contribution in [2.24, 2.45) is 5.73 Å². The van der Waals surface area contributed by atoms with Gasteiger partial charge in [0.2, 0.25) is 0 Å². The second-order valence-corrected chi connectivity index (χ2v) is 7.92. The van der Waals surface area contributed by atoms with E-state index in [0.717, 1.165) is 18.7 Å². The maximum absolute atomic E-state index is 6.20. The van der Waals surface area contributed by atoms with Crippen molar-refractivity contribution in [3.05, 3.63) is 53.0 Å². The summed E-state index contributed by atoms with van der Waals surface area (Å²) in [7, 11) is 0. The Labute approximate surface area is 137 Å². The number of halogens is 4. The summed E-state index contributed by atoms with van der Waals surface area (Å²) in [5, 5.41) is 1.37. The molecule has 0 saturated carbocycles. The van der Waals surface area contributed by atoms with Crippen molar-refractivity contribution in [3.8, 4) is 0 Å². The average Bonchev–Trinajstić information content (AvgIpc) is 2.64. The lowest BCUT2D eigenvalue weighted by atomic mass is 10.1. The van der Waals surface area contributed by atoms with Gasteiger partial charge in [-0.2, -0.15) is 0 Å².